The number of aromatic amines is 1. The molecule has 0 radical (unpaired) electrons. The summed E-state index contributed by atoms with van der Waals surface area (Å²) in [4.78, 5) is 19.8. The molecule has 1 amide bonds. The number of amides is 1. The fraction of sp³-hybridized carbons (Fsp3) is 0.591. The standard InChI is InChI=1S/C22H30N4O/c1-2-8-19-23-21(25-24-19)18-15-26(16-22(18)13-6-7-14-22)20(27)12-11-17-9-4-3-5-10-17/h3-5,9-10,18H,2,6-8,11-16H2,1H3,(H,23,24,25). The molecule has 2 heterocycles. The second kappa shape index (κ2) is 7.83. The Bertz CT molecular complexity index is 764. The molecule has 1 aliphatic heterocycles. The van der Waals surface area contributed by atoms with E-state index in [0.717, 1.165) is 44.0 Å². The number of likely N-dealkylation sites (tertiary alicyclic amines) is 1. The molecule has 1 aromatic carbocycles. The van der Waals surface area contributed by atoms with Gasteiger partial charge in [0.2, 0.25) is 5.91 Å². The summed E-state index contributed by atoms with van der Waals surface area (Å²) in [6, 6.07) is 10.3. The first kappa shape index (κ1) is 18.2. The molecule has 1 spiro atoms. The highest BCUT2D eigenvalue weighted by Crippen LogP contribution is 2.52. The van der Waals surface area contributed by atoms with Gasteiger partial charge in [0.1, 0.15) is 5.82 Å². The Labute approximate surface area is 161 Å². The lowest BCUT2D eigenvalue weighted by Gasteiger charge is -2.27. The normalized spacial score (nSPS) is 21.2. The van der Waals surface area contributed by atoms with Gasteiger partial charge in [0, 0.05) is 31.8 Å². The van der Waals surface area contributed by atoms with Crippen molar-refractivity contribution in [1.82, 2.24) is 20.1 Å². The summed E-state index contributed by atoms with van der Waals surface area (Å²) in [6.07, 6.45) is 8.30. The van der Waals surface area contributed by atoms with Gasteiger partial charge in [-0.3, -0.25) is 9.89 Å². The lowest BCUT2D eigenvalue weighted by molar-refractivity contribution is -0.130. The van der Waals surface area contributed by atoms with Gasteiger partial charge < -0.3 is 4.90 Å². The Morgan fingerprint density at radius 1 is 1.22 bits per heavy atom. The fourth-order valence-corrected chi connectivity index (χ4v) is 4.97. The first-order valence-electron chi connectivity index (χ1n) is 10.4. The number of aromatic nitrogens is 3. The number of carbonyl (C=O) groups excluding carboxylic acids is 1. The second-order valence-corrected chi connectivity index (χ2v) is 8.27. The molecule has 144 valence electrons. The van der Waals surface area contributed by atoms with Gasteiger partial charge in [0.15, 0.2) is 5.82 Å². The molecule has 5 heteroatoms. The van der Waals surface area contributed by atoms with E-state index in [0.29, 0.717) is 6.42 Å². The van der Waals surface area contributed by atoms with Gasteiger partial charge in [-0.25, -0.2) is 4.98 Å². The summed E-state index contributed by atoms with van der Waals surface area (Å²) in [6.45, 7) is 3.81. The van der Waals surface area contributed by atoms with E-state index >= 15 is 0 Å². The largest absolute Gasteiger partial charge is 0.341 e. The van der Waals surface area contributed by atoms with Crippen molar-refractivity contribution in [1.29, 1.82) is 0 Å². The quantitative estimate of drug-likeness (QED) is 0.844. The molecule has 4 rings (SSSR count). The number of aryl methyl sites for hydroxylation is 2. The molecule has 0 bridgehead atoms. The molecule has 2 fully saturated rings. The van der Waals surface area contributed by atoms with E-state index in [4.69, 9.17) is 4.98 Å². The van der Waals surface area contributed by atoms with Crippen molar-refractivity contribution in [2.75, 3.05) is 13.1 Å². The molecule has 1 saturated carbocycles. The molecule has 1 aliphatic carbocycles. The molecule has 1 atom stereocenters. The van der Waals surface area contributed by atoms with Crippen LogP contribution in [0, 0.1) is 5.41 Å². The van der Waals surface area contributed by atoms with Crippen molar-refractivity contribution in [3.63, 3.8) is 0 Å². The molecule has 1 unspecified atom stereocenters. The lowest BCUT2D eigenvalue weighted by Crippen LogP contribution is -2.31. The summed E-state index contributed by atoms with van der Waals surface area (Å²) < 4.78 is 0. The zero-order valence-electron chi connectivity index (χ0n) is 16.3. The van der Waals surface area contributed by atoms with E-state index < -0.39 is 0 Å². The molecule has 5 nitrogen and oxygen atoms in total. The average molecular weight is 367 g/mol. The summed E-state index contributed by atoms with van der Waals surface area (Å²) in [5, 5.41) is 7.67. The van der Waals surface area contributed by atoms with Gasteiger partial charge in [0.25, 0.3) is 0 Å². The molecule has 2 aliphatic rings. The first-order chi connectivity index (χ1) is 13.2. The van der Waals surface area contributed by atoms with Crippen LogP contribution in [0.25, 0.3) is 0 Å². The highest BCUT2D eigenvalue weighted by molar-refractivity contribution is 5.77. The van der Waals surface area contributed by atoms with E-state index in [2.05, 4.69) is 34.2 Å². The van der Waals surface area contributed by atoms with Gasteiger partial charge >= 0.3 is 0 Å². The fourth-order valence-electron chi connectivity index (χ4n) is 4.97. The smallest absolute Gasteiger partial charge is 0.222 e. The van der Waals surface area contributed by atoms with Crippen LogP contribution in [0.5, 0.6) is 0 Å². The number of nitrogens with one attached hydrogen (secondary N) is 1. The van der Waals surface area contributed by atoms with E-state index in [1.807, 2.05) is 18.2 Å². The van der Waals surface area contributed by atoms with Gasteiger partial charge in [-0.15, -0.1) is 0 Å². The van der Waals surface area contributed by atoms with Crippen LogP contribution < -0.4 is 0 Å². The predicted molar refractivity (Wildman–Crippen MR) is 105 cm³/mol. The van der Waals surface area contributed by atoms with Crippen molar-refractivity contribution >= 4 is 5.91 Å². The van der Waals surface area contributed by atoms with E-state index in [1.165, 1.54) is 31.2 Å². The van der Waals surface area contributed by atoms with Crippen molar-refractivity contribution < 1.29 is 4.79 Å². The number of hydrogen-bond acceptors (Lipinski definition) is 3. The van der Waals surface area contributed by atoms with Crippen LogP contribution in [0.1, 0.15) is 68.6 Å². The number of hydrogen-bond donors (Lipinski definition) is 1. The Morgan fingerprint density at radius 2 is 2.00 bits per heavy atom. The zero-order valence-corrected chi connectivity index (χ0v) is 16.3. The molecule has 1 saturated heterocycles. The van der Waals surface area contributed by atoms with Crippen LogP contribution >= 0.6 is 0 Å². The topological polar surface area (TPSA) is 61.9 Å². The van der Waals surface area contributed by atoms with Gasteiger partial charge in [-0.05, 0) is 36.7 Å². The predicted octanol–water partition coefficient (Wildman–Crippen LogP) is 3.88. The van der Waals surface area contributed by atoms with Gasteiger partial charge in [-0.2, -0.15) is 5.10 Å². The maximum absolute atomic E-state index is 12.9. The minimum absolute atomic E-state index is 0.189. The first-order valence-corrected chi connectivity index (χ1v) is 10.4. The third-order valence-corrected chi connectivity index (χ3v) is 6.42. The van der Waals surface area contributed by atoms with Crippen LogP contribution in [0.2, 0.25) is 0 Å². The SMILES string of the molecule is CCCc1nc(C2CN(C(=O)CCc3ccccc3)CC23CCCC3)n[nH]1. The third-order valence-electron chi connectivity index (χ3n) is 6.42. The molecule has 1 N–H and O–H groups in total. The average Bonchev–Trinajstić information content (AvgIpc) is 3.42. The summed E-state index contributed by atoms with van der Waals surface area (Å²) in [7, 11) is 0. The number of rotatable bonds is 6. The third kappa shape index (κ3) is 3.78. The van der Waals surface area contributed by atoms with Crippen molar-refractivity contribution in [3.8, 4) is 0 Å². The number of carbonyl (C=O) groups is 1. The summed E-state index contributed by atoms with van der Waals surface area (Å²) >= 11 is 0. The molecule has 1 aromatic heterocycles. The molecule has 2 aromatic rings. The van der Waals surface area contributed by atoms with Crippen molar-refractivity contribution in [2.45, 2.75) is 64.2 Å². The molecular formula is C22H30N4O. The number of benzene rings is 1. The zero-order chi connectivity index (χ0) is 18.7. The van der Waals surface area contributed by atoms with E-state index in [-0.39, 0.29) is 17.2 Å². The Morgan fingerprint density at radius 3 is 2.74 bits per heavy atom. The van der Waals surface area contributed by atoms with E-state index in [1.54, 1.807) is 0 Å². The minimum Gasteiger partial charge on any atom is -0.341 e. The van der Waals surface area contributed by atoms with E-state index in [9.17, 15) is 4.79 Å². The summed E-state index contributed by atoms with van der Waals surface area (Å²) in [5.41, 5.74) is 1.42. The highest BCUT2D eigenvalue weighted by atomic mass is 16.2. The van der Waals surface area contributed by atoms with Crippen LogP contribution in [-0.4, -0.2) is 39.1 Å². The second-order valence-electron chi connectivity index (χ2n) is 8.27. The highest BCUT2D eigenvalue weighted by Gasteiger charge is 2.51. The van der Waals surface area contributed by atoms with Gasteiger partial charge in [-0.1, -0.05) is 50.1 Å². The Kier molecular flexibility index (Phi) is 5.28. The molecule has 27 heavy (non-hydrogen) atoms. The number of nitrogens with zero attached hydrogens (tertiary/aromatic N) is 3. The Balaban J connectivity index is 1.46. The van der Waals surface area contributed by atoms with Gasteiger partial charge in [0.05, 0.1) is 0 Å². The minimum atomic E-state index is 0.189. The van der Waals surface area contributed by atoms with Crippen molar-refractivity contribution in [2.24, 2.45) is 5.41 Å². The maximum atomic E-state index is 12.9. The number of H-pyrrole nitrogens is 1. The van der Waals surface area contributed by atoms with Crippen LogP contribution in [-0.2, 0) is 17.6 Å². The monoisotopic (exact) mass is 366 g/mol. The van der Waals surface area contributed by atoms with Crippen LogP contribution in [0.4, 0.5) is 0 Å². The summed E-state index contributed by atoms with van der Waals surface area (Å²) in [5.74, 6) is 2.47. The van der Waals surface area contributed by atoms with Crippen LogP contribution in [0.15, 0.2) is 30.3 Å². The Hall–Kier alpha value is -2.17. The lowest BCUT2D eigenvalue weighted by atomic mass is 9.76. The van der Waals surface area contributed by atoms with Crippen molar-refractivity contribution in [3.05, 3.63) is 47.5 Å². The molecular weight excluding hydrogens is 336 g/mol. The maximum Gasteiger partial charge on any atom is 0.222 e. The van der Waals surface area contributed by atoms with Crippen LogP contribution in [0.3, 0.4) is 0 Å².